The van der Waals surface area contributed by atoms with Gasteiger partial charge in [0, 0.05) is 18.9 Å². The van der Waals surface area contributed by atoms with E-state index >= 15 is 0 Å². The van der Waals surface area contributed by atoms with Crippen LogP contribution >= 0.6 is 0 Å². The summed E-state index contributed by atoms with van der Waals surface area (Å²) < 4.78 is 1.88. The number of rotatable bonds is 5. The number of hydrogen-bond acceptors (Lipinski definition) is 2. The summed E-state index contributed by atoms with van der Waals surface area (Å²) >= 11 is 0. The van der Waals surface area contributed by atoms with Crippen LogP contribution in [0.15, 0.2) is 48.8 Å². The van der Waals surface area contributed by atoms with Gasteiger partial charge in [0.25, 0.3) is 0 Å². The minimum absolute atomic E-state index is 0.357. The lowest BCUT2D eigenvalue weighted by atomic mass is 9.99. The molecule has 4 nitrogen and oxygen atoms in total. The van der Waals surface area contributed by atoms with Crippen molar-refractivity contribution in [2.24, 2.45) is 0 Å². The number of carboxylic acids is 1. The molecule has 0 fully saturated rings. The Hall–Kier alpha value is -2.36. The molecular weight excluding hydrogens is 242 g/mol. The lowest BCUT2D eigenvalue weighted by Gasteiger charge is -2.06. The molecule has 0 radical (unpaired) electrons. The zero-order chi connectivity index (χ0) is 13.8. The van der Waals surface area contributed by atoms with Crippen molar-refractivity contribution in [1.82, 2.24) is 4.57 Å². The molecule has 1 aromatic heterocycles. The van der Waals surface area contributed by atoms with Gasteiger partial charge in [-0.3, -0.25) is 9.59 Å². The summed E-state index contributed by atoms with van der Waals surface area (Å²) in [6.07, 6.45) is 3.51. The Bertz CT molecular complexity index is 572. The first kappa shape index (κ1) is 13.1. The van der Waals surface area contributed by atoms with E-state index in [-0.39, 0.29) is 5.78 Å². The van der Waals surface area contributed by atoms with Gasteiger partial charge in [0.05, 0.1) is 0 Å². The van der Waals surface area contributed by atoms with Gasteiger partial charge in [-0.15, -0.1) is 0 Å². The first-order chi connectivity index (χ1) is 9.08. The molecule has 98 valence electrons. The number of nitrogens with zero attached hydrogens (tertiary/aromatic N) is 1. The topological polar surface area (TPSA) is 59.3 Å². The van der Waals surface area contributed by atoms with E-state index in [1.165, 1.54) is 6.92 Å². The molecule has 0 aliphatic carbocycles. The largest absolute Gasteiger partial charge is 0.480 e. The van der Waals surface area contributed by atoms with Crippen LogP contribution in [0, 0.1) is 0 Å². The monoisotopic (exact) mass is 257 g/mol. The van der Waals surface area contributed by atoms with Crippen LogP contribution in [-0.4, -0.2) is 21.4 Å². The first-order valence-electron chi connectivity index (χ1n) is 6.01. The lowest BCUT2D eigenvalue weighted by Crippen LogP contribution is -2.18. The fourth-order valence-corrected chi connectivity index (χ4v) is 2.07. The molecule has 0 aliphatic heterocycles. The minimum atomic E-state index is -1.11. The summed E-state index contributed by atoms with van der Waals surface area (Å²) in [6.45, 7) is 1.96. The minimum Gasteiger partial charge on any atom is -0.480 e. The van der Waals surface area contributed by atoms with Gasteiger partial charge >= 0.3 is 5.97 Å². The van der Waals surface area contributed by atoms with Crippen LogP contribution in [0.25, 0.3) is 0 Å². The number of Topliss-reactive ketones (excluding diaryl/α,β-unsaturated/α-hetero) is 1. The van der Waals surface area contributed by atoms with Gasteiger partial charge in [-0.2, -0.15) is 0 Å². The third-order valence-electron chi connectivity index (χ3n) is 2.97. The standard InChI is InChI=1S/C15H15NO3/c1-11(17)14(15(18)19)13-7-8-16(10-13)9-12-5-3-2-4-6-12/h2-8,10,14H,9H2,1H3,(H,18,19). The Morgan fingerprint density at radius 2 is 1.89 bits per heavy atom. The van der Waals surface area contributed by atoms with Crippen LogP contribution in [0.2, 0.25) is 0 Å². The van der Waals surface area contributed by atoms with Crippen molar-refractivity contribution in [2.75, 3.05) is 0 Å². The third kappa shape index (κ3) is 3.10. The maximum Gasteiger partial charge on any atom is 0.318 e. The van der Waals surface area contributed by atoms with Crippen molar-refractivity contribution >= 4 is 11.8 Å². The second-order valence-corrected chi connectivity index (χ2v) is 4.48. The molecule has 1 aromatic carbocycles. The quantitative estimate of drug-likeness (QED) is 0.836. The van der Waals surface area contributed by atoms with Crippen molar-refractivity contribution in [3.8, 4) is 0 Å². The summed E-state index contributed by atoms with van der Waals surface area (Å²) in [6, 6.07) is 11.5. The zero-order valence-electron chi connectivity index (χ0n) is 10.6. The van der Waals surface area contributed by atoms with Crippen molar-refractivity contribution in [3.05, 3.63) is 59.9 Å². The molecule has 0 saturated carbocycles. The second kappa shape index (κ2) is 5.52. The predicted octanol–water partition coefficient (Wildman–Crippen LogP) is 2.29. The molecule has 1 atom stereocenters. The Balaban J connectivity index is 2.19. The van der Waals surface area contributed by atoms with Crippen molar-refractivity contribution in [3.63, 3.8) is 0 Å². The molecule has 0 amide bonds. The van der Waals surface area contributed by atoms with Crippen LogP contribution in [0.3, 0.4) is 0 Å². The van der Waals surface area contributed by atoms with Gasteiger partial charge in [-0.05, 0) is 24.1 Å². The maximum atomic E-state index is 11.4. The molecule has 0 aliphatic rings. The SMILES string of the molecule is CC(=O)C(C(=O)O)c1ccn(Cc2ccccc2)c1. The van der Waals surface area contributed by atoms with Crippen LogP contribution < -0.4 is 0 Å². The maximum absolute atomic E-state index is 11.4. The van der Waals surface area contributed by atoms with Gasteiger partial charge < -0.3 is 9.67 Å². The Morgan fingerprint density at radius 1 is 1.21 bits per heavy atom. The summed E-state index contributed by atoms with van der Waals surface area (Å²) in [5.41, 5.74) is 1.65. The van der Waals surface area contributed by atoms with E-state index in [1.54, 1.807) is 18.5 Å². The summed E-state index contributed by atoms with van der Waals surface area (Å²) in [5.74, 6) is -2.54. The van der Waals surface area contributed by atoms with Gasteiger partial charge in [-0.25, -0.2) is 0 Å². The van der Waals surface area contributed by atoms with E-state index in [0.29, 0.717) is 12.1 Å². The molecule has 19 heavy (non-hydrogen) atoms. The summed E-state index contributed by atoms with van der Waals surface area (Å²) in [5, 5.41) is 9.07. The van der Waals surface area contributed by atoms with Gasteiger partial charge in [-0.1, -0.05) is 30.3 Å². The highest BCUT2D eigenvalue weighted by Gasteiger charge is 2.25. The van der Waals surface area contributed by atoms with Gasteiger partial charge in [0.2, 0.25) is 0 Å². The molecular formula is C15H15NO3. The molecule has 1 N–H and O–H groups in total. The molecule has 0 spiro atoms. The van der Waals surface area contributed by atoms with Crippen molar-refractivity contribution in [1.29, 1.82) is 0 Å². The normalized spacial score (nSPS) is 12.1. The van der Waals surface area contributed by atoms with Crippen LogP contribution in [0.4, 0.5) is 0 Å². The molecule has 1 heterocycles. The molecule has 2 aromatic rings. The van der Waals surface area contributed by atoms with Crippen LogP contribution in [0.5, 0.6) is 0 Å². The van der Waals surface area contributed by atoms with Crippen molar-refractivity contribution < 1.29 is 14.7 Å². The molecule has 4 heteroatoms. The van der Waals surface area contributed by atoms with E-state index < -0.39 is 11.9 Å². The zero-order valence-corrected chi connectivity index (χ0v) is 10.6. The molecule has 0 saturated heterocycles. The van der Waals surface area contributed by atoms with Gasteiger partial charge in [0.1, 0.15) is 11.7 Å². The highest BCUT2D eigenvalue weighted by molar-refractivity contribution is 6.02. The number of ketones is 1. The number of carboxylic acid groups (broad SMARTS) is 1. The number of carbonyl (C=O) groups excluding carboxylic acids is 1. The van der Waals surface area contributed by atoms with Crippen LogP contribution in [-0.2, 0) is 16.1 Å². The summed E-state index contributed by atoms with van der Waals surface area (Å²) in [4.78, 5) is 22.4. The molecule has 0 bridgehead atoms. The van der Waals surface area contributed by atoms with E-state index in [2.05, 4.69) is 0 Å². The fraction of sp³-hybridized carbons (Fsp3) is 0.200. The molecule has 2 rings (SSSR count). The first-order valence-corrected chi connectivity index (χ1v) is 6.01. The number of hydrogen-bond donors (Lipinski definition) is 1. The average molecular weight is 257 g/mol. The van der Waals surface area contributed by atoms with E-state index in [9.17, 15) is 9.59 Å². The predicted molar refractivity (Wildman–Crippen MR) is 71.0 cm³/mol. The third-order valence-corrected chi connectivity index (χ3v) is 2.97. The van der Waals surface area contributed by atoms with Gasteiger partial charge in [0.15, 0.2) is 0 Å². The Labute approximate surface area is 111 Å². The lowest BCUT2D eigenvalue weighted by molar-refractivity contribution is -0.142. The Morgan fingerprint density at radius 3 is 2.47 bits per heavy atom. The van der Waals surface area contributed by atoms with E-state index in [4.69, 9.17) is 5.11 Å². The fourth-order valence-electron chi connectivity index (χ4n) is 2.07. The Kier molecular flexibility index (Phi) is 3.80. The van der Waals surface area contributed by atoms with E-state index in [1.807, 2.05) is 34.9 Å². The second-order valence-electron chi connectivity index (χ2n) is 4.48. The average Bonchev–Trinajstić information content (AvgIpc) is 2.77. The number of benzene rings is 1. The number of carbonyl (C=O) groups is 2. The number of aliphatic carboxylic acids is 1. The highest BCUT2D eigenvalue weighted by Crippen LogP contribution is 2.18. The van der Waals surface area contributed by atoms with E-state index in [0.717, 1.165) is 5.56 Å². The highest BCUT2D eigenvalue weighted by atomic mass is 16.4. The number of aromatic nitrogens is 1. The molecule has 1 unspecified atom stereocenters. The smallest absolute Gasteiger partial charge is 0.318 e. The summed E-state index contributed by atoms with van der Waals surface area (Å²) in [7, 11) is 0. The van der Waals surface area contributed by atoms with Crippen LogP contribution in [0.1, 0.15) is 24.0 Å². The van der Waals surface area contributed by atoms with Crippen molar-refractivity contribution in [2.45, 2.75) is 19.4 Å².